The Morgan fingerprint density at radius 1 is 1.19 bits per heavy atom. The van der Waals surface area contributed by atoms with Crippen molar-refractivity contribution in [2.75, 3.05) is 5.32 Å². The molecular weight excluding hydrogens is 439 g/mol. The van der Waals surface area contributed by atoms with E-state index in [2.05, 4.69) is 15.5 Å². The van der Waals surface area contributed by atoms with Crippen molar-refractivity contribution in [3.8, 4) is 5.75 Å². The fraction of sp³-hybridized carbons (Fsp3) is 0.318. The minimum atomic E-state index is -0.472. The summed E-state index contributed by atoms with van der Waals surface area (Å²) in [5, 5.41) is 11.9. The van der Waals surface area contributed by atoms with Gasteiger partial charge in [-0.2, -0.15) is 0 Å². The fourth-order valence-electron chi connectivity index (χ4n) is 2.99. The molecule has 0 spiro atoms. The molecule has 31 heavy (non-hydrogen) atoms. The molecule has 1 heterocycles. The number of nitrogens with one attached hydrogen (secondary N) is 1. The second kappa shape index (κ2) is 10.6. The van der Waals surface area contributed by atoms with Crippen LogP contribution in [0.3, 0.4) is 0 Å². The highest BCUT2D eigenvalue weighted by Gasteiger charge is 2.25. The molecule has 0 radical (unpaired) electrons. The molecule has 2 aromatic carbocycles. The quantitative estimate of drug-likeness (QED) is 0.410. The molecule has 1 N–H and O–H groups in total. The van der Waals surface area contributed by atoms with E-state index in [-0.39, 0.29) is 11.6 Å². The highest BCUT2D eigenvalue weighted by Crippen LogP contribution is 2.31. The molecule has 6 nitrogen and oxygen atoms in total. The van der Waals surface area contributed by atoms with Crippen LogP contribution in [0.4, 0.5) is 10.1 Å². The summed E-state index contributed by atoms with van der Waals surface area (Å²) in [4.78, 5) is 12.7. The predicted octanol–water partition coefficient (Wildman–Crippen LogP) is 5.74. The van der Waals surface area contributed by atoms with Crippen molar-refractivity contribution in [3.63, 3.8) is 0 Å². The summed E-state index contributed by atoms with van der Waals surface area (Å²) in [5.41, 5.74) is 0.158. The van der Waals surface area contributed by atoms with Gasteiger partial charge < -0.3 is 14.6 Å². The summed E-state index contributed by atoms with van der Waals surface area (Å²) < 4.78 is 21.8. The fourth-order valence-corrected chi connectivity index (χ4v) is 4.20. The summed E-state index contributed by atoms with van der Waals surface area (Å²) in [5.74, 6) is 0.437. The second-order valence-electron chi connectivity index (χ2n) is 6.76. The molecule has 0 bridgehead atoms. The lowest BCUT2D eigenvalue weighted by atomic mass is 10.2. The Bertz CT molecular complexity index is 1050. The third kappa shape index (κ3) is 5.57. The Kier molecular flexibility index (Phi) is 7.92. The van der Waals surface area contributed by atoms with E-state index in [0.717, 1.165) is 0 Å². The summed E-state index contributed by atoms with van der Waals surface area (Å²) >= 11 is 7.49. The number of hydrogen-bond acceptors (Lipinski definition) is 5. The Balaban J connectivity index is 1.75. The topological polar surface area (TPSA) is 69.0 Å². The van der Waals surface area contributed by atoms with Gasteiger partial charge in [-0.3, -0.25) is 4.79 Å². The van der Waals surface area contributed by atoms with Crippen molar-refractivity contribution in [1.82, 2.24) is 14.8 Å². The van der Waals surface area contributed by atoms with Crippen molar-refractivity contribution < 1.29 is 13.9 Å². The normalized spacial score (nSPS) is 12.9. The molecule has 3 rings (SSSR count). The smallest absolute Gasteiger partial charge is 0.238 e. The van der Waals surface area contributed by atoms with Crippen molar-refractivity contribution in [2.24, 2.45) is 0 Å². The zero-order valence-electron chi connectivity index (χ0n) is 17.5. The molecule has 0 aliphatic carbocycles. The van der Waals surface area contributed by atoms with Gasteiger partial charge in [-0.15, -0.1) is 10.2 Å². The van der Waals surface area contributed by atoms with E-state index < -0.39 is 17.2 Å². The number of carbonyl (C=O) groups is 1. The average Bonchev–Trinajstić information content (AvgIpc) is 3.17. The number of hydrogen-bond donors (Lipinski definition) is 1. The first-order valence-corrected chi connectivity index (χ1v) is 11.3. The number of halogens is 2. The predicted molar refractivity (Wildman–Crippen MR) is 121 cm³/mol. The third-order valence-electron chi connectivity index (χ3n) is 4.61. The van der Waals surface area contributed by atoms with Crippen LogP contribution in [0.15, 0.2) is 53.7 Å². The maximum atomic E-state index is 13.9. The first kappa shape index (κ1) is 23.1. The Morgan fingerprint density at radius 3 is 2.58 bits per heavy atom. The van der Waals surface area contributed by atoms with E-state index in [9.17, 15) is 9.18 Å². The first-order chi connectivity index (χ1) is 14.9. The number of carbonyl (C=O) groups excluding carboxylic acids is 1. The van der Waals surface area contributed by atoms with E-state index in [1.165, 1.54) is 23.9 Å². The van der Waals surface area contributed by atoms with Gasteiger partial charge in [-0.1, -0.05) is 54.6 Å². The van der Waals surface area contributed by atoms with E-state index >= 15 is 0 Å². The lowest BCUT2D eigenvalue weighted by Crippen LogP contribution is -2.25. The molecule has 9 heteroatoms. The number of amides is 1. The van der Waals surface area contributed by atoms with Gasteiger partial charge in [0, 0.05) is 6.54 Å². The van der Waals surface area contributed by atoms with Gasteiger partial charge in [0.15, 0.2) is 17.1 Å². The van der Waals surface area contributed by atoms with E-state index in [4.69, 9.17) is 16.3 Å². The zero-order valence-corrected chi connectivity index (χ0v) is 19.1. The molecule has 1 aromatic heterocycles. The van der Waals surface area contributed by atoms with Gasteiger partial charge in [-0.05, 0) is 44.5 Å². The van der Waals surface area contributed by atoms with Crippen LogP contribution in [-0.4, -0.2) is 25.9 Å². The lowest BCUT2D eigenvalue weighted by Gasteiger charge is -2.18. The highest BCUT2D eigenvalue weighted by molar-refractivity contribution is 8.00. The molecule has 2 unspecified atom stereocenters. The standard InChI is InChI=1S/C22H24ClFN4O2S/c1-4-19(21(29)25-17-12-8-7-11-16(17)24)31-22-27-26-20(28(22)5-2)14(3)30-18-13-9-6-10-15(18)23/h6-14,19H,4-5H2,1-3H3,(H,25,29). The van der Waals surface area contributed by atoms with Gasteiger partial charge >= 0.3 is 0 Å². The molecule has 164 valence electrons. The van der Waals surface area contributed by atoms with Gasteiger partial charge in [0.1, 0.15) is 11.6 Å². The van der Waals surface area contributed by atoms with E-state index in [1.807, 2.05) is 37.5 Å². The lowest BCUT2D eigenvalue weighted by molar-refractivity contribution is -0.115. The summed E-state index contributed by atoms with van der Waals surface area (Å²) in [6.07, 6.45) is 0.150. The number of benzene rings is 2. The average molecular weight is 463 g/mol. The van der Waals surface area contributed by atoms with Gasteiger partial charge in [0.2, 0.25) is 5.91 Å². The molecule has 2 atom stereocenters. The molecule has 1 amide bonds. The number of aromatic nitrogens is 3. The molecule has 0 aliphatic heterocycles. The summed E-state index contributed by atoms with van der Waals surface area (Å²) in [7, 11) is 0. The van der Waals surface area contributed by atoms with Crippen LogP contribution < -0.4 is 10.1 Å². The largest absolute Gasteiger partial charge is 0.481 e. The minimum Gasteiger partial charge on any atom is -0.481 e. The minimum absolute atomic E-state index is 0.158. The van der Waals surface area contributed by atoms with Crippen LogP contribution in [0.25, 0.3) is 0 Å². The number of ether oxygens (including phenoxy) is 1. The number of anilines is 1. The Hall–Kier alpha value is -2.58. The van der Waals surface area contributed by atoms with Crippen molar-refractivity contribution >= 4 is 35.0 Å². The second-order valence-corrected chi connectivity index (χ2v) is 8.34. The molecular formula is C22H24ClFN4O2S. The van der Waals surface area contributed by atoms with Crippen molar-refractivity contribution in [1.29, 1.82) is 0 Å². The monoisotopic (exact) mass is 462 g/mol. The number of para-hydroxylation sites is 2. The maximum absolute atomic E-state index is 13.9. The van der Waals surface area contributed by atoms with Crippen LogP contribution in [-0.2, 0) is 11.3 Å². The maximum Gasteiger partial charge on any atom is 0.238 e. The molecule has 0 saturated carbocycles. The van der Waals surface area contributed by atoms with Crippen LogP contribution in [0.1, 0.15) is 39.1 Å². The van der Waals surface area contributed by atoms with Crippen molar-refractivity contribution in [2.45, 2.75) is 50.2 Å². The van der Waals surface area contributed by atoms with Crippen LogP contribution in [0, 0.1) is 5.82 Å². The third-order valence-corrected chi connectivity index (χ3v) is 6.27. The first-order valence-electron chi connectivity index (χ1n) is 10.0. The van der Waals surface area contributed by atoms with Gasteiger partial charge in [0.25, 0.3) is 0 Å². The SMILES string of the molecule is CCC(Sc1nnc(C(C)Oc2ccccc2Cl)n1CC)C(=O)Nc1ccccc1F. The molecule has 0 fully saturated rings. The summed E-state index contributed by atoms with van der Waals surface area (Å²) in [6, 6.07) is 13.3. The van der Waals surface area contributed by atoms with Crippen LogP contribution in [0.2, 0.25) is 5.02 Å². The van der Waals surface area contributed by atoms with Crippen molar-refractivity contribution in [3.05, 3.63) is 65.2 Å². The van der Waals surface area contributed by atoms with E-state index in [1.54, 1.807) is 24.3 Å². The Labute approximate surface area is 190 Å². The van der Waals surface area contributed by atoms with E-state index in [0.29, 0.717) is 34.7 Å². The van der Waals surface area contributed by atoms with Gasteiger partial charge in [0.05, 0.1) is 16.0 Å². The number of nitrogens with zero attached hydrogens (tertiary/aromatic N) is 3. The molecule has 3 aromatic rings. The van der Waals surface area contributed by atoms with Crippen LogP contribution in [0.5, 0.6) is 5.75 Å². The summed E-state index contributed by atoms with van der Waals surface area (Å²) in [6.45, 7) is 6.34. The highest BCUT2D eigenvalue weighted by atomic mass is 35.5. The Morgan fingerprint density at radius 2 is 1.90 bits per heavy atom. The van der Waals surface area contributed by atoms with Gasteiger partial charge in [-0.25, -0.2) is 4.39 Å². The number of thioether (sulfide) groups is 1. The zero-order chi connectivity index (χ0) is 22.4. The van der Waals surface area contributed by atoms with Crippen LogP contribution >= 0.6 is 23.4 Å². The molecule has 0 saturated heterocycles. The number of rotatable bonds is 9. The molecule has 0 aliphatic rings.